The van der Waals surface area contributed by atoms with Crippen molar-refractivity contribution >= 4 is 58.2 Å². The number of hydrogen-bond donors (Lipinski definition) is 2. The first-order valence-electron chi connectivity index (χ1n) is 9.28. The molecule has 0 saturated carbocycles. The summed E-state index contributed by atoms with van der Waals surface area (Å²) >= 11 is 17.5. The van der Waals surface area contributed by atoms with Crippen LogP contribution in [0, 0.1) is 0 Å². The molecule has 2 aromatic carbocycles. The van der Waals surface area contributed by atoms with E-state index >= 15 is 0 Å². The van der Waals surface area contributed by atoms with Gasteiger partial charge in [-0.25, -0.2) is 0 Å². The molecule has 0 saturated heterocycles. The Kier molecular flexibility index (Phi) is 7.32. The van der Waals surface area contributed by atoms with E-state index in [1.54, 1.807) is 30.3 Å². The second-order valence-corrected chi connectivity index (χ2v) is 8.02. The Morgan fingerprint density at radius 2 is 1.83 bits per heavy atom. The highest BCUT2D eigenvalue weighted by atomic mass is 35.5. The predicted molar refractivity (Wildman–Crippen MR) is 128 cm³/mol. The van der Waals surface area contributed by atoms with Crippen LogP contribution in [0.25, 0.3) is 17.4 Å². The summed E-state index contributed by atoms with van der Waals surface area (Å²) in [4.78, 5) is 12.2. The molecule has 0 unspecified atom stereocenters. The third-order valence-corrected chi connectivity index (χ3v) is 5.33. The van der Waals surface area contributed by atoms with E-state index in [2.05, 4.69) is 24.5 Å². The van der Waals surface area contributed by atoms with Gasteiger partial charge in [0.05, 0.1) is 10.0 Å². The van der Waals surface area contributed by atoms with E-state index in [1.165, 1.54) is 6.08 Å². The summed E-state index contributed by atoms with van der Waals surface area (Å²) in [7, 11) is 0. The molecule has 0 aliphatic rings. The molecule has 0 spiro atoms. The number of thiocarbonyl (C=S) groups is 1. The van der Waals surface area contributed by atoms with Crippen molar-refractivity contribution in [1.29, 1.82) is 0 Å². The van der Waals surface area contributed by atoms with Crippen LogP contribution in [-0.4, -0.2) is 11.0 Å². The summed E-state index contributed by atoms with van der Waals surface area (Å²) < 4.78 is 5.74. The Bertz CT molecular complexity index is 1110. The first-order chi connectivity index (χ1) is 14.3. The number of halogens is 2. The van der Waals surface area contributed by atoms with Gasteiger partial charge in [0.1, 0.15) is 11.5 Å². The highest BCUT2D eigenvalue weighted by Crippen LogP contribution is 2.34. The third kappa shape index (κ3) is 5.51. The van der Waals surface area contributed by atoms with Crippen LogP contribution in [0.5, 0.6) is 0 Å². The summed E-state index contributed by atoms with van der Waals surface area (Å²) in [5.74, 6) is 1.02. The molecule has 7 heteroatoms. The van der Waals surface area contributed by atoms with Crippen molar-refractivity contribution in [3.05, 3.63) is 82.0 Å². The number of benzene rings is 2. The lowest BCUT2D eigenvalue weighted by molar-refractivity contribution is -0.115. The van der Waals surface area contributed by atoms with Gasteiger partial charge in [0, 0.05) is 17.3 Å². The monoisotopic (exact) mass is 458 g/mol. The largest absolute Gasteiger partial charge is 0.457 e. The molecule has 3 rings (SSSR count). The number of amides is 1. The average Bonchev–Trinajstić information content (AvgIpc) is 3.17. The van der Waals surface area contributed by atoms with Gasteiger partial charge in [-0.3, -0.25) is 10.1 Å². The highest BCUT2D eigenvalue weighted by molar-refractivity contribution is 7.80. The first kappa shape index (κ1) is 22.1. The molecule has 1 amide bonds. The zero-order chi connectivity index (χ0) is 21.7. The minimum Gasteiger partial charge on any atom is -0.457 e. The standard InChI is InChI=1S/C23H20Cl2N2O2S/c1-14(2)16-6-3-4-9-19(16)26-23(30)27-21(28)13-11-15-10-12-20(29-15)17-7-5-8-18(24)22(17)25/h3-14H,1-2H3,(H2,26,27,28,30). The second kappa shape index (κ2) is 9.94. The van der Waals surface area contributed by atoms with E-state index in [-0.39, 0.29) is 11.0 Å². The number of hydrogen-bond acceptors (Lipinski definition) is 3. The van der Waals surface area contributed by atoms with Crippen LogP contribution in [0.4, 0.5) is 5.69 Å². The van der Waals surface area contributed by atoms with Crippen molar-refractivity contribution in [2.75, 3.05) is 5.32 Å². The summed E-state index contributed by atoms with van der Waals surface area (Å²) in [5, 5.41) is 6.80. The number of furan rings is 1. The number of para-hydroxylation sites is 1. The van der Waals surface area contributed by atoms with E-state index in [1.807, 2.05) is 30.3 Å². The molecule has 0 aliphatic heterocycles. The summed E-state index contributed by atoms with van der Waals surface area (Å²) in [6.07, 6.45) is 2.91. The molecule has 0 radical (unpaired) electrons. The molecular formula is C23H20Cl2N2O2S. The topological polar surface area (TPSA) is 54.3 Å². The van der Waals surface area contributed by atoms with Crippen LogP contribution in [0.15, 0.2) is 65.1 Å². The van der Waals surface area contributed by atoms with Crippen molar-refractivity contribution in [1.82, 2.24) is 5.32 Å². The predicted octanol–water partition coefficient (Wildman–Crippen LogP) is 6.90. The second-order valence-electron chi connectivity index (χ2n) is 6.82. The molecule has 4 nitrogen and oxygen atoms in total. The lowest BCUT2D eigenvalue weighted by Gasteiger charge is -2.15. The van der Waals surface area contributed by atoms with Crippen LogP contribution >= 0.6 is 35.4 Å². The van der Waals surface area contributed by atoms with Gasteiger partial charge in [-0.05, 0) is 60.1 Å². The van der Waals surface area contributed by atoms with Gasteiger partial charge in [-0.1, -0.05) is 61.3 Å². The van der Waals surface area contributed by atoms with E-state index in [9.17, 15) is 4.79 Å². The third-order valence-electron chi connectivity index (χ3n) is 4.31. The zero-order valence-corrected chi connectivity index (χ0v) is 18.7. The molecule has 0 atom stereocenters. The van der Waals surface area contributed by atoms with Crippen molar-refractivity contribution in [2.45, 2.75) is 19.8 Å². The van der Waals surface area contributed by atoms with E-state index < -0.39 is 0 Å². The van der Waals surface area contributed by atoms with Gasteiger partial charge >= 0.3 is 0 Å². The highest BCUT2D eigenvalue weighted by Gasteiger charge is 2.11. The van der Waals surface area contributed by atoms with Crippen molar-refractivity contribution < 1.29 is 9.21 Å². The minimum absolute atomic E-state index is 0.226. The van der Waals surface area contributed by atoms with Crippen molar-refractivity contribution in [2.24, 2.45) is 0 Å². The molecule has 0 fully saturated rings. The van der Waals surface area contributed by atoms with Crippen molar-refractivity contribution in [3.8, 4) is 11.3 Å². The Hall–Kier alpha value is -2.60. The van der Waals surface area contributed by atoms with Crippen LogP contribution in [0.3, 0.4) is 0 Å². The quantitative estimate of drug-likeness (QED) is 0.322. The fraction of sp³-hybridized carbons (Fsp3) is 0.130. The van der Waals surface area contributed by atoms with Crippen LogP contribution < -0.4 is 10.6 Å². The Labute approximate surface area is 190 Å². The van der Waals surface area contributed by atoms with Gasteiger partial charge in [0.2, 0.25) is 5.91 Å². The molecule has 2 N–H and O–H groups in total. The smallest absolute Gasteiger partial charge is 0.250 e. The molecule has 1 heterocycles. The number of rotatable bonds is 5. The summed E-state index contributed by atoms with van der Waals surface area (Å²) in [6.45, 7) is 4.19. The Morgan fingerprint density at radius 1 is 1.07 bits per heavy atom. The van der Waals surface area contributed by atoms with Gasteiger partial charge in [-0.15, -0.1) is 0 Å². The molecule has 3 aromatic rings. The zero-order valence-electron chi connectivity index (χ0n) is 16.4. The van der Waals surface area contributed by atoms with E-state index in [4.69, 9.17) is 39.8 Å². The number of carbonyl (C=O) groups excluding carboxylic acids is 1. The van der Waals surface area contributed by atoms with E-state index in [0.717, 1.165) is 11.3 Å². The average molecular weight is 459 g/mol. The van der Waals surface area contributed by atoms with Gasteiger partial charge in [0.15, 0.2) is 5.11 Å². The lowest BCUT2D eigenvalue weighted by atomic mass is 10.0. The molecule has 1 aromatic heterocycles. The van der Waals surface area contributed by atoms with Crippen LogP contribution in [0.1, 0.15) is 31.1 Å². The van der Waals surface area contributed by atoms with Crippen LogP contribution in [-0.2, 0) is 4.79 Å². The fourth-order valence-corrected chi connectivity index (χ4v) is 3.46. The molecule has 0 bridgehead atoms. The van der Waals surface area contributed by atoms with Gasteiger partial charge in [0.25, 0.3) is 0 Å². The lowest BCUT2D eigenvalue weighted by Crippen LogP contribution is -2.33. The van der Waals surface area contributed by atoms with Crippen LogP contribution in [0.2, 0.25) is 10.0 Å². The van der Waals surface area contributed by atoms with Crippen molar-refractivity contribution in [3.63, 3.8) is 0 Å². The van der Waals surface area contributed by atoms with Gasteiger partial charge in [-0.2, -0.15) is 0 Å². The van der Waals surface area contributed by atoms with E-state index in [0.29, 0.717) is 33.0 Å². The number of anilines is 1. The maximum atomic E-state index is 12.2. The molecule has 0 aliphatic carbocycles. The SMILES string of the molecule is CC(C)c1ccccc1NC(=S)NC(=O)C=Cc1ccc(-c2cccc(Cl)c2Cl)o1. The first-order valence-corrected chi connectivity index (χ1v) is 10.4. The van der Waals surface area contributed by atoms with Gasteiger partial charge < -0.3 is 9.73 Å². The maximum Gasteiger partial charge on any atom is 0.250 e. The number of nitrogens with one attached hydrogen (secondary N) is 2. The molecule has 30 heavy (non-hydrogen) atoms. The Balaban J connectivity index is 1.62. The number of carbonyl (C=O) groups is 1. The fourth-order valence-electron chi connectivity index (χ4n) is 2.86. The summed E-state index contributed by atoms with van der Waals surface area (Å²) in [6, 6.07) is 16.7. The minimum atomic E-state index is -0.367. The Morgan fingerprint density at radius 3 is 2.60 bits per heavy atom. The summed E-state index contributed by atoms with van der Waals surface area (Å²) in [5.41, 5.74) is 2.67. The molecular weight excluding hydrogens is 439 g/mol. The normalized spacial score (nSPS) is 11.1. The molecule has 154 valence electrons. The maximum absolute atomic E-state index is 12.2.